The molecule has 2 heterocycles. The number of amides is 2. The Morgan fingerprint density at radius 1 is 0.955 bits per heavy atom. The standard InChI is InChI=1S/C18H30N2O2/c1-2-16(21)20-11-5-6-15(14-20)17(22)19-12-9-18(10-13-19)7-3-4-8-18/h15H,2-14H2,1H3/t15-/m1/s1. The second-order valence-corrected chi connectivity index (χ2v) is 7.56. The number of likely N-dealkylation sites (tertiary alicyclic amines) is 2. The van der Waals surface area contributed by atoms with Gasteiger partial charge in [0, 0.05) is 32.6 Å². The zero-order chi connectivity index (χ0) is 15.6. The van der Waals surface area contributed by atoms with Crippen LogP contribution in [0.3, 0.4) is 0 Å². The fourth-order valence-electron chi connectivity index (χ4n) is 4.71. The first-order valence-electron chi connectivity index (χ1n) is 9.20. The van der Waals surface area contributed by atoms with Crippen LogP contribution >= 0.6 is 0 Å². The number of nitrogens with zero attached hydrogens (tertiary/aromatic N) is 2. The van der Waals surface area contributed by atoms with Gasteiger partial charge in [-0.2, -0.15) is 0 Å². The fourth-order valence-corrected chi connectivity index (χ4v) is 4.71. The molecule has 3 fully saturated rings. The Morgan fingerprint density at radius 2 is 1.64 bits per heavy atom. The molecule has 0 N–H and O–H groups in total. The summed E-state index contributed by atoms with van der Waals surface area (Å²) < 4.78 is 0. The van der Waals surface area contributed by atoms with Crippen LogP contribution < -0.4 is 0 Å². The topological polar surface area (TPSA) is 40.6 Å². The van der Waals surface area contributed by atoms with Crippen LogP contribution in [0.1, 0.15) is 64.7 Å². The van der Waals surface area contributed by atoms with Gasteiger partial charge in [-0.25, -0.2) is 0 Å². The largest absolute Gasteiger partial charge is 0.342 e. The van der Waals surface area contributed by atoms with E-state index in [2.05, 4.69) is 4.90 Å². The molecule has 1 saturated carbocycles. The lowest BCUT2D eigenvalue weighted by atomic mass is 9.77. The van der Waals surface area contributed by atoms with Crippen molar-refractivity contribution in [1.82, 2.24) is 9.80 Å². The Kier molecular flexibility index (Phi) is 4.74. The van der Waals surface area contributed by atoms with Crippen LogP contribution in [0, 0.1) is 11.3 Å². The summed E-state index contributed by atoms with van der Waals surface area (Å²) >= 11 is 0. The Morgan fingerprint density at radius 3 is 2.27 bits per heavy atom. The van der Waals surface area contributed by atoms with Gasteiger partial charge in [-0.1, -0.05) is 19.8 Å². The molecule has 0 bridgehead atoms. The number of piperidine rings is 2. The average Bonchev–Trinajstić information content (AvgIpc) is 3.02. The van der Waals surface area contributed by atoms with Gasteiger partial charge in [0.1, 0.15) is 0 Å². The van der Waals surface area contributed by atoms with Crippen LogP contribution in [0.25, 0.3) is 0 Å². The zero-order valence-electron chi connectivity index (χ0n) is 14.0. The number of hydrogen-bond donors (Lipinski definition) is 0. The summed E-state index contributed by atoms with van der Waals surface area (Å²) in [6.07, 6.45) is 10.4. The first kappa shape index (κ1) is 15.8. The molecule has 2 aliphatic heterocycles. The molecule has 4 nitrogen and oxygen atoms in total. The molecule has 4 heteroatoms. The summed E-state index contributed by atoms with van der Waals surface area (Å²) in [5.74, 6) is 0.546. The highest BCUT2D eigenvalue weighted by Gasteiger charge is 2.39. The van der Waals surface area contributed by atoms with Crippen LogP contribution in [0.15, 0.2) is 0 Å². The van der Waals surface area contributed by atoms with Crippen molar-refractivity contribution in [2.75, 3.05) is 26.2 Å². The summed E-state index contributed by atoms with van der Waals surface area (Å²) in [5, 5.41) is 0. The Hall–Kier alpha value is -1.06. The van der Waals surface area contributed by atoms with Crippen molar-refractivity contribution >= 4 is 11.8 Å². The van der Waals surface area contributed by atoms with E-state index in [9.17, 15) is 9.59 Å². The highest BCUT2D eigenvalue weighted by molar-refractivity contribution is 5.81. The van der Waals surface area contributed by atoms with E-state index < -0.39 is 0 Å². The summed E-state index contributed by atoms with van der Waals surface area (Å²) in [6.45, 7) is 5.26. The lowest BCUT2D eigenvalue weighted by Gasteiger charge is -2.42. The van der Waals surface area contributed by atoms with Gasteiger partial charge in [0.25, 0.3) is 0 Å². The highest BCUT2D eigenvalue weighted by atomic mass is 16.2. The van der Waals surface area contributed by atoms with E-state index in [1.807, 2.05) is 11.8 Å². The van der Waals surface area contributed by atoms with E-state index in [1.54, 1.807) is 0 Å². The summed E-state index contributed by atoms with van der Waals surface area (Å²) in [4.78, 5) is 28.7. The molecule has 0 aromatic heterocycles. The fraction of sp³-hybridized carbons (Fsp3) is 0.889. The Labute approximate surface area is 134 Å². The normalized spacial score (nSPS) is 28.1. The number of rotatable bonds is 2. The van der Waals surface area contributed by atoms with Crippen molar-refractivity contribution in [3.8, 4) is 0 Å². The molecular formula is C18H30N2O2. The first-order valence-corrected chi connectivity index (χ1v) is 9.20. The SMILES string of the molecule is CCC(=O)N1CCC[C@@H](C(=O)N2CCC3(CCCC3)CC2)C1. The van der Waals surface area contributed by atoms with Crippen molar-refractivity contribution in [1.29, 1.82) is 0 Å². The maximum Gasteiger partial charge on any atom is 0.227 e. The van der Waals surface area contributed by atoms with E-state index in [0.717, 1.165) is 32.5 Å². The van der Waals surface area contributed by atoms with Gasteiger partial charge >= 0.3 is 0 Å². The molecule has 124 valence electrons. The van der Waals surface area contributed by atoms with Crippen molar-refractivity contribution in [2.45, 2.75) is 64.7 Å². The molecule has 0 aromatic rings. The summed E-state index contributed by atoms with van der Waals surface area (Å²) in [7, 11) is 0. The second-order valence-electron chi connectivity index (χ2n) is 7.56. The lowest BCUT2D eigenvalue weighted by Crippen LogP contribution is -2.49. The minimum absolute atomic E-state index is 0.0434. The summed E-state index contributed by atoms with van der Waals surface area (Å²) in [5.41, 5.74) is 0.563. The van der Waals surface area contributed by atoms with Crippen LogP contribution in [-0.4, -0.2) is 47.8 Å². The quantitative estimate of drug-likeness (QED) is 0.787. The monoisotopic (exact) mass is 306 g/mol. The molecule has 3 rings (SSSR count). The maximum atomic E-state index is 12.8. The molecule has 1 aliphatic carbocycles. The van der Waals surface area contributed by atoms with Crippen molar-refractivity contribution in [2.24, 2.45) is 11.3 Å². The number of carbonyl (C=O) groups excluding carboxylic acids is 2. The third kappa shape index (κ3) is 3.16. The van der Waals surface area contributed by atoms with Crippen LogP contribution in [0.5, 0.6) is 0 Å². The van der Waals surface area contributed by atoms with Gasteiger partial charge < -0.3 is 9.80 Å². The summed E-state index contributed by atoms with van der Waals surface area (Å²) in [6, 6.07) is 0. The Bertz CT molecular complexity index is 419. The van der Waals surface area contributed by atoms with Crippen LogP contribution in [-0.2, 0) is 9.59 Å². The third-order valence-electron chi connectivity index (χ3n) is 6.23. The van der Waals surface area contributed by atoms with Gasteiger partial charge in [0.15, 0.2) is 0 Å². The molecule has 22 heavy (non-hydrogen) atoms. The number of carbonyl (C=O) groups is 2. The molecule has 0 unspecified atom stereocenters. The van der Waals surface area contributed by atoms with Crippen LogP contribution in [0.4, 0.5) is 0 Å². The van der Waals surface area contributed by atoms with E-state index in [-0.39, 0.29) is 11.8 Å². The number of hydrogen-bond acceptors (Lipinski definition) is 2. The lowest BCUT2D eigenvalue weighted by molar-refractivity contribution is -0.142. The van der Waals surface area contributed by atoms with E-state index in [4.69, 9.17) is 0 Å². The molecular weight excluding hydrogens is 276 g/mol. The van der Waals surface area contributed by atoms with E-state index in [1.165, 1.54) is 38.5 Å². The molecule has 3 aliphatic rings. The molecule has 0 radical (unpaired) electrons. The van der Waals surface area contributed by atoms with Crippen molar-refractivity contribution in [3.05, 3.63) is 0 Å². The zero-order valence-corrected chi connectivity index (χ0v) is 14.0. The minimum Gasteiger partial charge on any atom is -0.342 e. The third-order valence-corrected chi connectivity index (χ3v) is 6.23. The van der Waals surface area contributed by atoms with E-state index >= 15 is 0 Å². The van der Waals surface area contributed by atoms with Gasteiger partial charge in [-0.15, -0.1) is 0 Å². The van der Waals surface area contributed by atoms with Crippen LogP contribution in [0.2, 0.25) is 0 Å². The molecule has 2 saturated heterocycles. The Balaban J connectivity index is 1.54. The van der Waals surface area contributed by atoms with Gasteiger partial charge in [0.2, 0.25) is 11.8 Å². The highest BCUT2D eigenvalue weighted by Crippen LogP contribution is 2.46. The first-order chi connectivity index (χ1) is 10.6. The minimum atomic E-state index is 0.0434. The predicted molar refractivity (Wildman–Crippen MR) is 86.3 cm³/mol. The molecule has 1 atom stereocenters. The predicted octanol–water partition coefficient (Wildman–Crippen LogP) is 2.82. The molecule has 1 spiro atoms. The average molecular weight is 306 g/mol. The maximum absolute atomic E-state index is 12.8. The van der Waals surface area contributed by atoms with Crippen molar-refractivity contribution in [3.63, 3.8) is 0 Å². The van der Waals surface area contributed by atoms with Gasteiger partial charge in [-0.05, 0) is 43.9 Å². The van der Waals surface area contributed by atoms with Crippen molar-refractivity contribution < 1.29 is 9.59 Å². The van der Waals surface area contributed by atoms with Gasteiger partial charge in [0.05, 0.1) is 5.92 Å². The molecule has 2 amide bonds. The second kappa shape index (κ2) is 6.59. The van der Waals surface area contributed by atoms with Gasteiger partial charge in [-0.3, -0.25) is 9.59 Å². The smallest absolute Gasteiger partial charge is 0.227 e. The molecule has 0 aromatic carbocycles. The van der Waals surface area contributed by atoms with E-state index in [0.29, 0.717) is 24.3 Å².